The lowest BCUT2D eigenvalue weighted by atomic mass is 10.1. The highest BCUT2D eigenvalue weighted by Crippen LogP contribution is 2.34. The molecule has 1 aliphatic carbocycles. The average Bonchev–Trinajstić information content (AvgIpc) is 3.57. The molecule has 0 amide bonds. The Morgan fingerprint density at radius 2 is 1.97 bits per heavy atom. The van der Waals surface area contributed by atoms with Crippen LogP contribution in [0.4, 0.5) is 4.39 Å². The molecule has 0 saturated heterocycles. The molecule has 4 aromatic heterocycles. The lowest BCUT2D eigenvalue weighted by Crippen LogP contribution is -2.24. The van der Waals surface area contributed by atoms with E-state index in [0.717, 1.165) is 25.7 Å². The molecule has 0 aliphatic heterocycles. The highest BCUT2D eigenvalue weighted by molar-refractivity contribution is 5.83. The first-order valence-corrected chi connectivity index (χ1v) is 10.6. The Bertz CT molecular complexity index is 1500. The second-order valence-corrected chi connectivity index (χ2v) is 8.09. The highest BCUT2D eigenvalue weighted by atomic mass is 19.1. The Kier molecular flexibility index (Phi) is 4.34. The number of aromatic nitrogens is 6. The van der Waals surface area contributed by atoms with E-state index in [1.165, 1.54) is 16.7 Å². The molecule has 1 fully saturated rings. The SMILES string of the molecule is O=c1c2c(-c3noc(C4CCCC4)n3)ncn2c2ccc(F)cc2n1Cc1ccccn1. The summed E-state index contributed by atoms with van der Waals surface area (Å²) in [6.45, 7) is 0.195. The van der Waals surface area contributed by atoms with Crippen LogP contribution in [0.25, 0.3) is 28.1 Å². The maximum Gasteiger partial charge on any atom is 0.278 e. The first-order chi connectivity index (χ1) is 15.7. The fraction of sp³-hybridized carbons (Fsp3) is 0.261. The molecule has 0 radical (unpaired) electrons. The van der Waals surface area contributed by atoms with Gasteiger partial charge in [-0.1, -0.05) is 24.1 Å². The molecule has 8 nitrogen and oxygen atoms in total. The Morgan fingerprint density at radius 1 is 1.09 bits per heavy atom. The number of nitrogens with zero attached hydrogens (tertiary/aromatic N) is 6. The van der Waals surface area contributed by atoms with Crippen molar-refractivity contribution in [1.82, 2.24) is 29.1 Å². The van der Waals surface area contributed by atoms with Crippen LogP contribution in [0.5, 0.6) is 0 Å². The third kappa shape index (κ3) is 3.00. The molecule has 0 bridgehead atoms. The Hall–Kier alpha value is -3.88. The van der Waals surface area contributed by atoms with Gasteiger partial charge in [0.15, 0.2) is 0 Å². The minimum absolute atomic E-state index is 0.195. The van der Waals surface area contributed by atoms with Crippen LogP contribution in [0.15, 0.2) is 58.2 Å². The zero-order chi connectivity index (χ0) is 21.7. The first-order valence-electron chi connectivity index (χ1n) is 10.6. The summed E-state index contributed by atoms with van der Waals surface area (Å²) in [7, 11) is 0. The molecular formula is C23H19FN6O2. The van der Waals surface area contributed by atoms with Crippen molar-refractivity contribution in [3.63, 3.8) is 0 Å². The summed E-state index contributed by atoms with van der Waals surface area (Å²) in [5.41, 5.74) is 2.14. The fourth-order valence-corrected chi connectivity index (χ4v) is 4.53. The summed E-state index contributed by atoms with van der Waals surface area (Å²) >= 11 is 0. The number of imidazole rings is 1. The molecule has 1 aromatic carbocycles. The van der Waals surface area contributed by atoms with Crippen molar-refractivity contribution in [2.45, 2.75) is 38.1 Å². The lowest BCUT2D eigenvalue weighted by Gasteiger charge is -2.12. The molecule has 4 heterocycles. The number of hydrogen-bond donors (Lipinski definition) is 0. The first kappa shape index (κ1) is 18.9. The number of pyridine rings is 1. The fourth-order valence-electron chi connectivity index (χ4n) is 4.53. The van der Waals surface area contributed by atoms with Crippen molar-refractivity contribution in [3.8, 4) is 11.5 Å². The van der Waals surface area contributed by atoms with Crippen LogP contribution in [0, 0.1) is 5.82 Å². The third-order valence-electron chi connectivity index (χ3n) is 6.11. The van der Waals surface area contributed by atoms with E-state index in [2.05, 4.69) is 20.1 Å². The molecule has 0 spiro atoms. The largest absolute Gasteiger partial charge is 0.339 e. The van der Waals surface area contributed by atoms with Crippen molar-refractivity contribution in [1.29, 1.82) is 0 Å². The molecule has 0 unspecified atom stereocenters. The molecular weight excluding hydrogens is 411 g/mol. The lowest BCUT2D eigenvalue weighted by molar-refractivity contribution is 0.354. The Morgan fingerprint density at radius 3 is 2.78 bits per heavy atom. The Labute approximate surface area is 181 Å². The normalized spacial score (nSPS) is 14.7. The van der Waals surface area contributed by atoms with Crippen LogP contribution < -0.4 is 5.56 Å². The van der Waals surface area contributed by atoms with E-state index >= 15 is 0 Å². The zero-order valence-corrected chi connectivity index (χ0v) is 17.1. The molecule has 9 heteroatoms. The smallest absolute Gasteiger partial charge is 0.278 e. The van der Waals surface area contributed by atoms with Crippen molar-refractivity contribution < 1.29 is 8.91 Å². The monoisotopic (exact) mass is 430 g/mol. The van der Waals surface area contributed by atoms with E-state index in [0.29, 0.717) is 33.8 Å². The maximum absolute atomic E-state index is 14.1. The van der Waals surface area contributed by atoms with Crippen LogP contribution in [0.3, 0.4) is 0 Å². The molecule has 1 aliphatic rings. The summed E-state index contributed by atoms with van der Waals surface area (Å²) in [4.78, 5) is 27.0. The van der Waals surface area contributed by atoms with E-state index in [1.807, 2.05) is 12.1 Å². The van der Waals surface area contributed by atoms with Gasteiger partial charge in [-0.2, -0.15) is 4.98 Å². The molecule has 0 N–H and O–H groups in total. The number of benzene rings is 1. The third-order valence-corrected chi connectivity index (χ3v) is 6.11. The minimum atomic E-state index is -0.425. The van der Waals surface area contributed by atoms with Gasteiger partial charge in [-0.15, -0.1) is 0 Å². The van der Waals surface area contributed by atoms with Crippen LogP contribution in [-0.4, -0.2) is 29.1 Å². The molecule has 32 heavy (non-hydrogen) atoms. The van der Waals surface area contributed by atoms with E-state index < -0.39 is 5.82 Å². The van der Waals surface area contributed by atoms with Gasteiger partial charge >= 0.3 is 0 Å². The topological polar surface area (TPSA) is 91.1 Å². The standard InChI is InChI=1S/C23H19FN6O2/c24-15-8-9-17-18(11-15)29(12-16-7-3-4-10-25-16)23(31)20-19(26-13-30(17)20)21-27-22(32-28-21)14-5-1-2-6-14/h3-4,7-11,13-14H,1-2,5-6,12H2. The van der Waals surface area contributed by atoms with E-state index in [4.69, 9.17) is 4.52 Å². The van der Waals surface area contributed by atoms with Gasteiger partial charge in [0, 0.05) is 12.1 Å². The van der Waals surface area contributed by atoms with E-state index in [-0.39, 0.29) is 23.8 Å². The quantitative estimate of drug-likeness (QED) is 0.429. The van der Waals surface area contributed by atoms with Crippen LogP contribution >= 0.6 is 0 Å². The molecule has 1 saturated carbocycles. The van der Waals surface area contributed by atoms with E-state index in [1.54, 1.807) is 29.1 Å². The number of fused-ring (bicyclic) bond motifs is 3. The van der Waals surface area contributed by atoms with Gasteiger partial charge in [0.25, 0.3) is 5.56 Å². The van der Waals surface area contributed by atoms with Crippen LogP contribution in [0.2, 0.25) is 0 Å². The van der Waals surface area contributed by atoms with Crippen molar-refractivity contribution in [3.05, 3.63) is 76.7 Å². The Balaban J connectivity index is 1.57. The van der Waals surface area contributed by atoms with Crippen LogP contribution in [-0.2, 0) is 6.54 Å². The van der Waals surface area contributed by atoms with Gasteiger partial charge in [0.05, 0.1) is 23.3 Å². The van der Waals surface area contributed by atoms with Gasteiger partial charge < -0.3 is 4.52 Å². The average molecular weight is 430 g/mol. The van der Waals surface area contributed by atoms with Crippen molar-refractivity contribution >= 4 is 16.6 Å². The second kappa shape index (κ2) is 7.37. The molecule has 5 aromatic rings. The van der Waals surface area contributed by atoms with Crippen LogP contribution in [0.1, 0.15) is 43.2 Å². The summed E-state index contributed by atoms with van der Waals surface area (Å²) in [5.74, 6) is 0.716. The van der Waals surface area contributed by atoms with Gasteiger partial charge in [0.2, 0.25) is 11.7 Å². The summed E-state index contributed by atoms with van der Waals surface area (Å²) in [6.07, 6.45) is 7.56. The van der Waals surface area contributed by atoms with E-state index in [9.17, 15) is 9.18 Å². The number of rotatable bonds is 4. The van der Waals surface area contributed by atoms with Crippen molar-refractivity contribution in [2.75, 3.05) is 0 Å². The second-order valence-electron chi connectivity index (χ2n) is 8.09. The van der Waals surface area contributed by atoms with Gasteiger partial charge in [-0.25, -0.2) is 9.37 Å². The summed E-state index contributed by atoms with van der Waals surface area (Å²) in [6, 6.07) is 9.84. The molecule has 0 atom stereocenters. The maximum atomic E-state index is 14.1. The zero-order valence-electron chi connectivity index (χ0n) is 17.1. The minimum Gasteiger partial charge on any atom is -0.339 e. The number of hydrogen-bond acceptors (Lipinski definition) is 6. The van der Waals surface area contributed by atoms with Crippen molar-refractivity contribution in [2.24, 2.45) is 0 Å². The summed E-state index contributed by atoms with van der Waals surface area (Å²) < 4.78 is 22.8. The highest BCUT2D eigenvalue weighted by Gasteiger charge is 2.26. The molecule has 160 valence electrons. The predicted molar refractivity (Wildman–Crippen MR) is 115 cm³/mol. The predicted octanol–water partition coefficient (Wildman–Crippen LogP) is 3.94. The molecule has 6 rings (SSSR count). The number of halogens is 1. The van der Waals surface area contributed by atoms with Gasteiger partial charge in [-0.05, 0) is 43.2 Å². The van der Waals surface area contributed by atoms with Gasteiger partial charge in [-0.3, -0.25) is 18.7 Å². The van der Waals surface area contributed by atoms with Gasteiger partial charge in [0.1, 0.15) is 23.4 Å². The summed E-state index contributed by atoms with van der Waals surface area (Å²) in [5, 5.41) is 4.12.